The van der Waals surface area contributed by atoms with Gasteiger partial charge in [0.1, 0.15) is 5.75 Å². The molecule has 10 heteroatoms. The highest BCUT2D eigenvalue weighted by Crippen LogP contribution is 2.30. The van der Waals surface area contributed by atoms with Gasteiger partial charge in [-0.2, -0.15) is 0 Å². The first-order valence-corrected chi connectivity index (χ1v) is 11.7. The maximum atomic E-state index is 12.9. The second kappa shape index (κ2) is 10.2. The van der Waals surface area contributed by atoms with E-state index in [2.05, 4.69) is 4.98 Å². The molecule has 0 atom stereocenters. The Hall–Kier alpha value is -2.20. The number of hydrogen-bond acceptors (Lipinski definition) is 7. The van der Waals surface area contributed by atoms with E-state index >= 15 is 0 Å². The minimum absolute atomic E-state index is 0. The molecule has 0 unspecified atom stereocenters. The Kier molecular flexibility index (Phi) is 8.19. The van der Waals surface area contributed by atoms with Crippen LogP contribution < -0.4 is 9.64 Å². The second-order valence-corrected chi connectivity index (χ2v) is 9.87. The monoisotopic (exact) mass is 469 g/mol. The van der Waals surface area contributed by atoms with E-state index in [9.17, 15) is 13.2 Å². The van der Waals surface area contributed by atoms with E-state index in [0.29, 0.717) is 29.5 Å². The molecule has 0 radical (unpaired) electrons. The third-order valence-electron chi connectivity index (χ3n) is 4.19. The number of thiazole rings is 1. The highest BCUT2D eigenvalue weighted by molar-refractivity contribution is 7.90. The van der Waals surface area contributed by atoms with Crippen molar-refractivity contribution in [2.75, 3.05) is 44.9 Å². The Labute approximate surface area is 186 Å². The Balaban J connectivity index is 0.00000320. The molecule has 30 heavy (non-hydrogen) atoms. The summed E-state index contributed by atoms with van der Waals surface area (Å²) in [7, 11) is 0.550. The van der Waals surface area contributed by atoms with Crippen LogP contribution in [0.5, 0.6) is 5.75 Å². The molecule has 162 valence electrons. The fourth-order valence-corrected chi connectivity index (χ4v) is 4.38. The summed E-state index contributed by atoms with van der Waals surface area (Å²) in [4.78, 5) is 21.2. The van der Waals surface area contributed by atoms with Crippen LogP contribution in [0.3, 0.4) is 0 Å². The SMILES string of the molecule is CN(C)CCN(C(=O)COc1ccccc1)c1nc2ccc(S(C)(=O)=O)cc2s1.Cl. The van der Waals surface area contributed by atoms with Crippen LogP contribution in [-0.4, -0.2) is 64.3 Å². The molecule has 7 nitrogen and oxygen atoms in total. The highest BCUT2D eigenvalue weighted by atomic mass is 35.5. The second-order valence-electron chi connectivity index (χ2n) is 6.85. The predicted molar refractivity (Wildman–Crippen MR) is 123 cm³/mol. The van der Waals surface area contributed by atoms with Crippen molar-refractivity contribution in [1.82, 2.24) is 9.88 Å². The lowest BCUT2D eigenvalue weighted by atomic mass is 10.3. The van der Waals surface area contributed by atoms with Gasteiger partial charge in [-0.1, -0.05) is 29.5 Å². The third-order valence-corrected chi connectivity index (χ3v) is 6.34. The minimum Gasteiger partial charge on any atom is -0.484 e. The Bertz CT molecular complexity index is 1100. The van der Waals surface area contributed by atoms with Crippen molar-refractivity contribution >= 4 is 54.8 Å². The van der Waals surface area contributed by atoms with Gasteiger partial charge < -0.3 is 9.64 Å². The first-order valence-electron chi connectivity index (χ1n) is 8.97. The maximum Gasteiger partial charge on any atom is 0.266 e. The molecule has 3 aromatic rings. The summed E-state index contributed by atoms with van der Waals surface area (Å²) in [6, 6.07) is 14.0. The van der Waals surface area contributed by atoms with Crippen LogP contribution in [0.1, 0.15) is 0 Å². The molecule has 0 aliphatic rings. The number of hydrogen-bond donors (Lipinski definition) is 0. The molecule has 0 saturated carbocycles. The molecule has 0 N–H and O–H groups in total. The number of halogens is 1. The summed E-state index contributed by atoms with van der Waals surface area (Å²) >= 11 is 1.29. The van der Waals surface area contributed by atoms with E-state index in [1.165, 1.54) is 23.7 Å². The number of sulfone groups is 1. The van der Waals surface area contributed by atoms with Crippen molar-refractivity contribution < 1.29 is 17.9 Å². The lowest BCUT2D eigenvalue weighted by molar-refractivity contribution is -0.120. The summed E-state index contributed by atoms with van der Waals surface area (Å²) in [5.74, 6) is 0.411. The average molecular weight is 470 g/mol. The van der Waals surface area contributed by atoms with Crippen LogP contribution in [0, 0.1) is 0 Å². The molecule has 0 aliphatic carbocycles. The third kappa shape index (κ3) is 6.15. The molecular formula is C20H24ClN3O4S2. The molecule has 0 bridgehead atoms. The van der Waals surface area contributed by atoms with Crippen LogP contribution >= 0.6 is 23.7 Å². The molecule has 0 spiro atoms. The molecule has 0 saturated heterocycles. The number of anilines is 1. The van der Waals surface area contributed by atoms with Crippen LogP contribution in [-0.2, 0) is 14.6 Å². The topological polar surface area (TPSA) is 79.8 Å². The van der Waals surface area contributed by atoms with Gasteiger partial charge in [-0.15, -0.1) is 12.4 Å². The van der Waals surface area contributed by atoms with Gasteiger partial charge in [-0.05, 0) is 44.4 Å². The quantitative estimate of drug-likeness (QED) is 0.504. The fraction of sp³-hybridized carbons (Fsp3) is 0.300. The molecule has 1 aromatic heterocycles. The zero-order chi connectivity index (χ0) is 21.0. The summed E-state index contributed by atoms with van der Waals surface area (Å²) in [6.07, 6.45) is 1.17. The number of carbonyl (C=O) groups is 1. The number of aromatic nitrogens is 1. The Morgan fingerprint density at radius 2 is 1.80 bits per heavy atom. The predicted octanol–water partition coefficient (Wildman–Crippen LogP) is 3.10. The maximum absolute atomic E-state index is 12.9. The van der Waals surface area contributed by atoms with Crippen LogP contribution in [0.25, 0.3) is 10.2 Å². The van der Waals surface area contributed by atoms with Gasteiger partial charge in [0, 0.05) is 19.3 Å². The molecule has 0 fully saturated rings. The first-order chi connectivity index (χ1) is 13.7. The number of rotatable bonds is 8. The van der Waals surface area contributed by atoms with E-state index in [4.69, 9.17) is 4.74 Å². The van der Waals surface area contributed by atoms with E-state index in [0.717, 1.165) is 4.70 Å². The number of ether oxygens (including phenoxy) is 1. The van der Waals surface area contributed by atoms with E-state index in [-0.39, 0.29) is 29.8 Å². The van der Waals surface area contributed by atoms with Crippen molar-refractivity contribution in [2.45, 2.75) is 4.90 Å². The number of likely N-dealkylation sites (N-methyl/N-ethyl adjacent to an activating group) is 1. The van der Waals surface area contributed by atoms with Gasteiger partial charge in [0.15, 0.2) is 21.6 Å². The zero-order valence-corrected chi connectivity index (χ0v) is 19.4. The number of para-hydroxylation sites is 1. The van der Waals surface area contributed by atoms with Crippen molar-refractivity contribution in [3.8, 4) is 5.75 Å². The first kappa shape index (κ1) is 24.1. The molecule has 0 aliphatic heterocycles. The minimum atomic E-state index is -3.31. The summed E-state index contributed by atoms with van der Waals surface area (Å²) in [5.41, 5.74) is 0.657. The number of amides is 1. The molecule has 1 amide bonds. The highest BCUT2D eigenvalue weighted by Gasteiger charge is 2.21. The zero-order valence-electron chi connectivity index (χ0n) is 16.9. The molecule has 2 aromatic carbocycles. The Morgan fingerprint density at radius 3 is 2.43 bits per heavy atom. The van der Waals surface area contributed by atoms with Crippen molar-refractivity contribution in [1.29, 1.82) is 0 Å². The normalized spacial score (nSPS) is 11.3. The van der Waals surface area contributed by atoms with Crippen LogP contribution in [0.4, 0.5) is 5.13 Å². The van der Waals surface area contributed by atoms with Gasteiger partial charge in [0.2, 0.25) is 0 Å². The lowest BCUT2D eigenvalue weighted by Crippen LogP contribution is -2.39. The number of nitrogens with zero attached hydrogens (tertiary/aromatic N) is 3. The van der Waals surface area contributed by atoms with Crippen LogP contribution in [0.15, 0.2) is 53.4 Å². The molecule has 1 heterocycles. The van der Waals surface area contributed by atoms with Gasteiger partial charge in [0.25, 0.3) is 5.91 Å². The van der Waals surface area contributed by atoms with E-state index in [1.807, 2.05) is 37.2 Å². The molecule has 3 rings (SSSR count). The number of fused-ring (bicyclic) bond motifs is 1. The van der Waals surface area contributed by atoms with Gasteiger partial charge in [0.05, 0.1) is 15.1 Å². The number of benzene rings is 2. The van der Waals surface area contributed by atoms with Crippen molar-refractivity contribution in [2.24, 2.45) is 0 Å². The van der Waals surface area contributed by atoms with Crippen molar-refractivity contribution in [3.05, 3.63) is 48.5 Å². The summed E-state index contributed by atoms with van der Waals surface area (Å²) in [6.45, 7) is 0.992. The smallest absolute Gasteiger partial charge is 0.266 e. The molecular weight excluding hydrogens is 446 g/mol. The van der Waals surface area contributed by atoms with E-state index in [1.54, 1.807) is 29.2 Å². The van der Waals surface area contributed by atoms with Crippen molar-refractivity contribution in [3.63, 3.8) is 0 Å². The van der Waals surface area contributed by atoms with Gasteiger partial charge in [-0.25, -0.2) is 13.4 Å². The van der Waals surface area contributed by atoms with E-state index < -0.39 is 9.84 Å². The summed E-state index contributed by atoms with van der Waals surface area (Å²) in [5, 5.41) is 0.522. The standard InChI is InChI=1S/C20H23N3O4S2.ClH/c1-22(2)11-12-23(19(24)14-27-15-7-5-4-6-8-15)20-21-17-10-9-16(29(3,25)26)13-18(17)28-20;/h4-10,13H,11-12,14H2,1-3H3;1H. The van der Waals surface area contributed by atoms with Gasteiger partial charge >= 0.3 is 0 Å². The summed E-state index contributed by atoms with van der Waals surface area (Å²) < 4.78 is 30.0. The lowest BCUT2D eigenvalue weighted by Gasteiger charge is -2.22. The largest absolute Gasteiger partial charge is 0.484 e. The van der Waals surface area contributed by atoms with Crippen LogP contribution in [0.2, 0.25) is 0 Å². The number of carbonyl (C=O) groups excluding carboxylic acids is 1. The van der Waals surface area contributed by atoms with Gasteiger partial charge in [-0.3, -0.25) is 9.69 Å². The average Bonchev–Trinajstić information content (AvgIpc) is 3.09. The fourth-order valence-electron chi connectivity index (χ4n) is 2.61. The Morgan fingerprint density at radius 1 is 1.10 bits per heavy atom.